The lowest BCUT2D eigenvalue weighted by atomic mass is 10.1. The first-order chi connectivity index (χ1) is 17.4. The number of nitrogen functional groups attached to an aromatic ring is 1. The molecular formula is C20H17N11O5. The van der Waals surface area contributed by atoms with Crippen molar-refractivity contribution >= 4 is 35.2 Å². The summed E-state index contributed by atoms with van der Waals surface area (Å²) in [5.74, 6) is -1.58. The Morgan fingerprint density at radius 2 is 1.92 bits per heavy atom. The van der Waals surface area contributed by atoms with Gasteiger partial charge < -0.3 is 16.8 Å². The molecule has 0 unspecified atom stereocenters. The molecule has 16 nitrogen and oxygen atoms in total. The lowest BCUT2D eigenvalue weighted by Crippen LogP contribution is -2.22. The van der Waals surface area contributed by atoms with Crippen molar-refractivity contribution in [2.75, 3.05) is 11.1 Å². The van der Waals surface area contributed by atoms with Crippen molar-refractivity contribution in [1.82, 2.24) is 30.7 Å². The summed E-state index contributed by atoms with van der Waals surface area (Å²) in [6.45, 7) is -0.0831. The number of nitrogens with one attached hydrogen (secondary N) is 2. The van der Waals surface area contributed by atoms with E-state index in [2.05, 4.69) is 41.1 Å². The van der Waals surface area contributed by atoms with Gasteiger partial charge in [-0.3, -0.25) is 19.7 Å². The minimum absolute atomic E-state index is 0.0232. The summed E-state index contributed by atoms with van der Waals surface area (Å²) in [5.41, 5.74) is 14.0. The molecule has 0 fully saturated rings. The van der Waals surface area contributed by atoms with Gasteiger partial charge in [-0.25, -0.2) is 10.1 Å². The zero-order valence-corrected chi connectivity index (χ0v) is 18.2. The van der Waals surface area contributed by atoms with Crippen LogP contribution in [0.25, 0.3) is 5.82 Å². The molecule has 36 heavy (non-hydrogen) atoms. The molecule has 0 atom stereocenters. The summed E-state index contributed by atoms with van der Waals surface area (Å²) in [6, 6.07) is 12.4. The van der Waals surface area contributed by atoms with Gasteiger partial charge in [-0.05, 0) is 28.5 Å². The number of nitrogens with two attached hydrogens (primary N) is 2. The van der Waals surface area contributed by atoms with Gasteiger partial charge in [0.15, 0.2) is 5.69 Å². The number of para-hydroxylation sites is 2. The van der Waals surface area contributed by atoms with E-state index in [-0.39, 0.29) is 46.4 Å². The number of hydrogen-bond donors (Lipinski definition) is 4. The number of rotatable bonds is 9. The molecule has 6 N–H and O–H groups in total. The standard InChI is InChI=1S/C20H17N11O5/c21-17-19(28-36-27-17)30-15(10-23-13-7-3-2-6-12(13)18(22)32)16(25-29-30)20(33)26-24-9-11-5-1-4-8-14(11)31(34)35/h1-9,23H,10H2,(H2,21,27)(H2,22,32)(H,26,33)/b24-9-. The van der Waals surface area contributed by atoms with Crippen LogP contribution in [0.4, 0.5) is 17.2 Å². The molecule has 0 aliphatic rings. The summed E-state index contributed by atoms with van der Waals surface area (Å²) in [7, 11) is 0. The van der Waals surface area contributed by atoms with E-state index in [0.29, 0.717) is 5.69 Å². The number of anilines is 2. The number of hydrazone groups is 1. The maximum atomic E-state index is 12.9. The third kappa shape index (κ3) is 4.81. The van der Waals surface area contributed by atoms with Crippen molar-refractivity contribution in [2.45, 2.75) is 6.54 Å². The Kier molecular flexibility index (Phi) is 6.57. The van der Waals surface area contributed by atoms with Gasteiger partial charge in [0.25, 0.3) is 17.5 Å². The third-order valence-electron chi connectivity index (χ3n) is 4.82. The molecule has 2 heterocycles. The third-order valence-corrected chi connectivity index (χ3v) is 4.82. The van der Waals surface area contributed by atoms with E-state index >= 15 is 0 Å². The Morgan fingerprint density at radius 1 is 1.17 bits per heavy atom. The van der Waals surface area contributed by atoms with Crippen LogP contribution in [0.2, 0.25) is 0 Å². The molecule has 0 saturated heterocycles. The lowest BCUT2D eigenvalue weighted by molar-refractivity contribution is -0.385. The molecule has 182 valence electrons. The highest BCUT2D eigenvalue weighted by Gasteiger charge is 2.24. The summed E-state index contributed by atoms with van der Waals surface area (Å²) in [5, 5.41) is 32.9. The molecule has 0 radical (unpaired) electrons. The van der Waals surface area contributed by atoms with Crippen LogP contribution >= 0.6 is 0 Å². The van der Waals surface area contributed by atoms with Crippen LogP contribution in [-0.2, 0) is 6.54 Å². The second-order valence-electron chi connectivity index (χ2n) is 7.05. The van der Waals surface area contributed by atoms with E-state index in [4.69, 9.17) is 11.5 Å². The van der Waals surface area contributed by atoms with Crippen LogP contribution in [0.5, 0.6) is 0 Å². The second-order valence-corrected chi connectivity index (χ2v) is 7.05. The van der Waals surface area contributed by atoms with Crippen molar-refractivity contribution in [3.63, 3.8) is 0 Å². The molecular weight excluding hydrogens is 474 g/mol. The number of primary amides is 1. The predicted octanol–water partition coefficient (Wildman–Crippen LogP) is 0.616. The number of amides is 2. The molecule has 0 aliphatic carbocycles. The fourth-order valence-electron chi connectivity index (χ4n) is 3.15. The first-order valence-electron chi connectivity index (χ1n) is 10.1. The molecule has 2 aromatic carbocycles. The Labute approximate surface area is 201 Å². The average molecular weight is 491 g/mol. The summed E-state index contributed by atoms with van der Waals surface area (Å²) in [6.07, 6.45) is 1.13. The maximum Gasteiger partial charge on any atom is 0.293 e. The molecule has 0 saturated carbocycles. The van der Waals surface area contributed by atoms with Crippen LogP contribution < -0.4 is 22.2 Å². The second kappa shape index (κ2) is 10.1. The van der Waals surface area contributed by atoms with Crippen LogP contribution in [0, 0.1) is 10.1 Å². The van der Waals surface area contributed by atoms with Crippen molar-refractivity contribution in [3.05, 3.63) is 81.2 Å². The molecule has 16 heteroatoms. The Morgan fingerprint density at radius 3 is 2.64 bits per heavy atom. The van der Waals surface area contributed by atoms with Crippen LogP contribution in [0.1, 0.15) is 32.1 Å². The first-order valence-corrected chi connectivity index (χ1v) is 10.1. The van der Waals surface area contributed by atoms with Crippen molar-refractivity contribution in [1.29, 1.82) is 0 Å². The molecule has 4 aromatic rings. The van der Waals surface area contributed by atoms with Gasteiger partial charge in [-0.2, -0.15) is 9.78 Å². The van der Waals surface area contributed by atoms with Crippen LogP contribution in [0.3, 0.4) is 0 Å². The minimum Gasteiger partial charge on any atom is -0.379 e. The summed E-state index contributed by atoms with van der Waals surface area (Å²) in [4.78, 5) is 35.2. The fourth-order valence-corrected chi connectivity index (χ4v) is 3.15. The normalized spacial score (nSPS) is 10.9. The van der Waals surface area contributed by atoms with E-state index in [9.17, 15) is 19.7 Å². The van der Waals surface area contributed by atoms with Gasteiger partial charge in [0.1, 0.15) is 0 Å². The van der Waals surface area contributed by atoms with Crippen LogP contribution in [-0.4, -0.2) is 48.3 Å². The number of nitrogens with zero attached hydrogens (tertiary/aromatic N) is 7. The largest absolute Gasteiger partial charge is 0.379 e. The molecule has 2 aromatic heterocycles. The van der Waals surface area contributed by atoms with Crippen LogP contribution in [0.15, 0.2) is 58.3 Å². The molecule has 4 rings (SSSR count). The van der Waals surface area contributed by atoms with Gasteiger partial charge in [0, 0.05) is 11.8 Å². The van der Waals surface area contributed by atoms with E-state index in [0.717, 1.165) is 10.9 Å². The Bertz CT molecular complexity index is 1480. The zero-order chi connectivity index (χ0) is 25.7. The number of hydrogen-bond acceptors (Lipinski definition) is 12. The van der Waals surface area contributed by atoms with Crippen molar-refractivity contribution < 1.29 is 19.1 Å². The molecule has 0 bridgehead atoms. The highest BCUT2D eigenvalue weighted by atomic mass is 16.6. The quantitative estimate of drug-likeness (QED) is 0.144. The van der Waals surface area contributed by atoms with E-state index in [1.807, 2.05) is 0 Å². The van der Waals surface area contributed by atoms with Crippen molar-refractivity contribution in [3.8, 4) is 5.82 Å². The summed E-state index contributed by atoms with van der Waals surface area (Å²) >= 11 is 0. The number of benzene rings is 2. The number of carbonyl (C=O) groups excluding carboxylic acids is 2. The number of nitro benzene ring substituents is 1. The predicted molar refractivity (Wildman–Crippen MR) is 124 cm³/mol. The monoisotopic (exact) mass is 491 g/mol. The lowest BCUT2D eigenvalue weighted by Gasteiger charge is -2.11. The smallest absolute Gasteiger partial charge is 0.293 e. The van der Waals surface area contributed by atoms with Gasteiger partial charge in [-0.1, -0.05) is 29.5 Å². The fraction of sp³-hybridized carbons (Fsp3) is 0.0500. The van der Waals surface area contributed by atoms with E-state index in [1.54, 1.807) is 24.3 Å². The van der Waals surface area contributed by atoms with Gasteiger partial charge >= 0.3 is 0 Å². The highest BCUT2D eigenvalue weighted by Crippen LogP contribution is 2.20. The average Bonchev–Trinajstić information content (AvgIpc) is 3.48. The first kappa shape index (κ1) is 23.5. The topological polar surface area (TPSA) is 235 Å². The molecule has 2 amide bonds. The van der Waals surface area contributed by atoms with Gasteiger partial charge in [0.05, 0.1) is 34.5 Å². The number of carbonyl (C=O) groups is 2. The van der Waals surface area contributed by atoms with Gasteiger partial charge in [0.2, 0.25) is 11.6 Å². The van der Waals surface area contributed by atoms with E-state index in [1.165, 1.54) is 24.3 Å². The van der Waals surface area contributed by atoms with E-state index < -0.39 is 16.7 Å². The minimum atomic E-state index is -0.786. The number of nitro groups is 1. The number of aromatic nitrogens is 5. The zero-order valence-electron chi connectivity index (χ0n) is 18.2. The van der Waals surface area contributed by atoms with Crippen molar-refractivity contribution in [2.24, 2.45) is 10.8 Å². The molecule has 0 aliphatic heterocycles. The maximum absolute atomic E-state index is 12.9. The highest BCUT2D eigenvalue weighted by molar-refractivity contribution is 5.98. The molecule has 0 spiro atoms. The SMILES string of the molecule is NC(=O)c1ccccc1NCc1c(C(=O)N/N=C\c2ccccc2[N+](=O)[O-])nnn1-c1nonc1N. The summed E-state index contributed by atoms with van der Waals surface area (Å²) < 4.78 is 5.74. The Balaban J connectivity index is 1.62. The Hall–Kier alpha value is -5.67. The van der Waals surface area contributed by atoms with Gasteiger partial charge in [-0.15, -0.1) is 5.10 Å².